The molecule has 10 heteroatoms. The van der Waals surface area contributed by atoms with Gasteiger partial charge in [-0.25, -0.2) is 0 Å². The Morgan fingerprint density at radius 2 is 1.88 bits per heavy atom. The van der Waals surface area contributed by atoms with E-state index >= 15 is 0 Å². The second kappa shape index (κ2) is 11.0. The number of carbonyl (C=O) groups is 2. The minimum Gasteiger partial charge on any atom is -0.497 e. The van der Waals surface area contributed by atoms with Crippen LogP contribution in [0.2, 0.25) is 10.0 Å². The van der Waals surface area contributed by atoms with Gasteiger partial charge in [0.1, 0.15) is 5.75 Å². The maximum Gasteiger partial charge on any atom is 0.243 e. The molecule has 0 bridgehead atoms. The summed E-state index contributed by atoms with van der Waals surface area (Å²) >= 11 is 11.8. The first-order valence-electron chi connectivity index (χ1n) is 9.81. The van der Waals surface area contributed by atoms with E-state index in [9.17, 15) is 9.59 Å². The Balaban J connectivity index is 1.43. The molecule has 1 N–H and O–H groups in total. The van der Waals surface area contributed by atoms with E-state index in [4.69, 9.17) is 32.5 Å². The third-order valence-corrected chi connectivity index (χ3v) is 5.35. The summed E-state index contributed by atoms with van der Waals surface area (Å²) in [5.41, 5.74) is 1.32. The zero-order valence-electron chi connectivity index (χ0n) is 17.6. The minimum atomic E-state index is -0.333. The maximum atomic E-state index is 12.3. The van der Waals surface area contributed by atoms with Gasteiger partial charge in [-0.3, -0.25) is 9.59 Å². The summed E-state index contributed by atoms with van der Waals surface area (Å²) in [6.45, 7) is -0.0821. The summed E-state index contributed by atoms with van der Waals surface area (Å²) in [6, 6.07) is 12.1. The Kier molecular flexibility index (Phi) is 8.08. The Hall–Kier alpha value is -3.10. The number of anilines is 1. The molecule has 3 aromatic rings. The largest absolute Gasteiger partial charge is 0.497 e. The Morgan fingerprint density at radius 1 is 1.12 bits per heavy atom. The van der Waals surface area contributed by atoms with Gasteiger partial charge in [0.05, 0.1) is 23.7 Å². The number of nitrogens with one attached hydrogen (secondary N) is 1. The van der Waals surface area contributed by atoms with Crippen LogP contribution in [0, 0.1) is 0 Å². The molecular formula is C22H22Cl2N4O4. The van der Waals surface area contributed by atoms with Crippen LogP contribution < -0.4 is 10.1 Å². The highest BCUT2D eigenvalue weighted by Crippen LogP contribution is 2.25. The molecule has 0 aliphatic heterocycles. The normalized spacial score (nSPS) is 10.6. The number of methoxy groups -OCH3 is 1. The van der Waals surface area contributed by atoms with Crippen molar-refractivity contribution in [3.05, 3.63) is 58.4 Å². The second-order valence-corrected chi connectivity index (χ2v) is 7.84. The fourth-order valence-electron chi connectivity index (χ4n) is 2.87. The van der Waals surface area contributed by atoms with E-state index in [2.05, 4.69) is 15.5 Å². The molecule has 0 aliphatic rings. The first kappa shape index (κ1) is 23.6. The molecular weight excluding hydrogens is 455 g/mol. The number of aromatic nitrogens is 2. The molecule has 8 nitrogen and oxygen atoms in total. The predicted octanol–water partition coefficient (Wildman–Crippen LogP) is 4.47. The van der Waals surface area contributed by atoms with Crippen molar-refractivity contribution >= 4 is 40.7 Å². The van der Waals surface area contributed by atoms with Crippen LogP contribution in [0.4, 0.5) is 5.69 Å². The number of amides is 2. The van der Waals surface area contributed by atoms with E-state index < -0.39 is 0 Å². The van der Waals surface area contributed by atoms with Gasteiger partial charge in [-0.05, 0) is 48.9 Å². The van der Waals surface area contributed by atoms with Crippen molar-refractivity contribution in [2.75, 3.05) is 26.0 Å². The molecule has 0 saturated carbocycles. The Bertz CT molecular complexity index is 1090. The highest BCUT2D eigenvalue weighted by atomic mass is 35.5. The molecule has 0 unspecified atom stereocenters. The number of rotatable bonds is 9. The number of carbonyl (C=O) groups excluding carboxylic acids is 2. The highest BCUT2D eigenvalue weighted by Gasteiger charge is 2.15. The van der Waals surface area contributed by atoms with Gasteiger partial charge >= 0.3 is 0 Å². The van der Waals surface area contributed by atoms with Crippen LogP contribution in [0.3, 0.4) is 0 Å². The lowest BCUT2D eigenvalue weighted by Gasteiger charge is -2.16. The van der Waals surface area contributed by atoms with Gasteiger partial charge < -0.3 is 19.5 Å². The number of ether oxygens (including phenoxy) is 1. The lowest BCUT2D eigenvalue weighted by molar-refractivity contribution is -0.133. The maximum absolute atomic E-state index is 12.3. The van der Waals surface area contributed by atoms with Crippen LogP contribution in [0.15, 0.2) is 47.0 Å². The molecule has 168 valence electrons. The molecule has 0 fully saturated rings. The molecule has 1 aromatic heterocycles. The molecule has 3 rings (SSSR count). The van der Waals surface area contributed by atoms with Crippen molar-refractivity contribution in [3.8, 4) is 17.1 Å². The molecule has 0 spiro atoms. The summed E-state index contributed by atoms with van der Waals surface area (Å²) in [7, 11) is 3.17. The average molecular weight is 477 g/mol. The van der Waals surface area contributed by atoms with Crippen LogP contribution in [0.1, 0.15) is 18.7 Å². The van der Waals surface area contributed by atoms with Crippen molar-refractivity contribution in [1.29, 1.82) is 0 Å². The lowest BCUT2D eigenvalue weighted by atomic mass is 10.2. The van der Waals surface area contributed by atoms with Crippen LogP contribution in [0.5, 0.6) is 5.75 Å². The quantitative estimate of drug-likeness (QED) is 0.489. The van der Waals surface area contributed by atoms with E-state index in [1.54, 1.807) is 32.4 Å². The summed E-state index contributed by atoms with van der Waals surface area (Å²) in [5.74, 6) is 1.17. The van der Waals surface area contributed by atoms with Gasteiger partial charge in [0.2, 0.25) is 23.5 Å². The second-order valence-electron chi connectivity index (χ2n) is 7.02. The third-order valence-electron chi connectivity index (χ3n) is 4.61. The summed E-state index contributed by atoms with van der Waals surface area (Å²) in [5, 5.41) is 7.39. The van der Waals surface area contributed by atoms with Crippen molar-refractivity contribution in [1.82, 2.24) is 15.0 Å². The Morgan fingerprint density at radius 3 is 2.56 bits per heavy atom. The van der Waals surface area contributed by atoms with Gasteiger partial charge in [-0.1, -0.05) is 28.4 Å². The predicted molar refractivity (Wildman–Crippen MR) is 122 cm³/mol. The first-order chi connectivity index (χ1) is 15.4. The molecule has 2 aromatic carbocycles. The summed E-state index contributed by atoms with van der Waals surface area (Å²) < 4.78 is 10.4. The van der Waals surface area contributed by atoms with Crippen molar-refractivity contribution in [2.45, 2.75) is 19.3 Å². The topological polar surface area (TPSA) is 97.6 Å². The third kappa shape index (κ3) is 6.45. The highest BCUT2D eigenvalue weighted by molar-refractivity contribution is 6.42. The summed E-state index contributed by atoms with van der Waals surface area (Å²) in [4.78, 5) is 30.2. The van der Waals surface area contributed by atoms with Gasteiger partial charge in [-0.2, -0.15) is 4.98 Å². The van der Waals surface area contributed by atoms with E-state index in [-0.39, 0.29) is 24.8 Å². The van der Waals surface area contributed by atoms with E-state index in [1.165, 1.54) is 4.90 Å². The zero-order valence-corrected chi connectivity index (χ0v) is 19.1. The molecule has 32 heavy (non-hydrogen) atoms. The number of hydrogen-bond donors (Lipinski definition) is 1. The van der Waals surface area contributed by atoms with E-state index in [0.29, 0.717) is 40.3 Å². The van der Waals surface area contributed by atoms with E-state index in [1.807, 2.05) is 24.3 Å². The van der Waals surface area contributed by atoms with Crippen molar-refractivity contribution < 1.29 is 18.8 Å². The van der Waals surface area contributed by atoms with Crippen LogP contribution >= 0.6 is 23.2 Å². The first-order valence-corrected chi connectivity index (χ1v) is 10.6. The van der Waals surface area contributed by atoms with Crippen molar-refractivity contribution in [2.24, 2.45) is 0 Å². The standard InChI is InChI=1S/C22H22Cl2N4O4/c1-28(13-19(29)25-15-8-11-17(23)18(24)12-15)21(30)5-3-4-20-26-22(27-32-20)14-6-9-16(31-2)10-7-14/h6-12H,3-5,13H2,1-2H3,(H,25,29). The minimum absolute atomic E-state index is 0.0821. The number of aryl methyl sites for hydroxylation is 1. The molecule has 0 aliphatic carbocycles. The number of benzene rings is 2. The smallest absolute Gasteiger partial charge is 0.243 e. The SMILES string of the molecule is COc1ccc(-c2noc(CCCC(=O)N(C)CC(=O)Nc3ccc(Cl)c(Cl)c3)n2)cc1. The monoisotopic (exact) mass is 476 g/mol. The van der Waals surface area contributed by atoms with Crippen LogP contribution in [-0.4, -0.2) is 47.6 Å². The van der Waals surface area contributed by atoms with Crippen LogP contribution in [-0.2, 0) is 16.0 Å². The Labute approximate surface area is 195 Å². The molecule has 1 heterocycles. The van der Waals surface area contributed by atoms with Gasteiger partial charge in [0.25, 0.3) is 0 Å². The van der Waals surface area contributed by atoms with Crippen LogP contribution in [0.25, 0.3) is 11.4 Å². The van der Waals surface area contributed by atoms with E-state index in [0.717, 1.165) is 11.3 Å². The molecule has 0 atom stereocenters. The number of halogens is 2. The molecule has 2 amide bonds. The molecule has 0 radical (unpaired) electrons. The van der Waals surface area contributed by atoms with Gasteiger partial charge in [0, 0.05) is 31.1 Å². The fraction of sp³-hybridized carbons (Fsp3) is 0.273. The fourth-order valence-corrected chi connectivity index (χ4v) is 3.17. The average Bonchev–Trinajstić information content (AvgIpc) is 3.25. The number of likely N-dealkylation sites (N-methyl/N-ethyl adjacent to an activating group) is 1. The summed E-state index contributed by atoms with van der Waals surface area (Å²) in [6.07, 6.45) is 1.22. The van der Waals surface area contributed by atoms with Crippen molar-refractivity contribution in [3.63, 3.8) is 0 Å². The number of hydrogen-bond acceptors (Lipinski definition) is 6. The zero-order chi connectivity index (χ0) is 23.1. The lowest BCUT2D eigenvalue weighted by Crippen LogP contribution is -2.34. The number of nitrogens with zero attached hydrogens (tertiary/aromatic N) is 3. The van der Waals surface area contributed by atoms with Gasteiger partial charge in [0.15, 0.2) is 0 Å². The molecule has 0 saturated heterocycles. The van der Waals surface area contributed by atoms with Gasteiger partial charge in [-0.15, -0.1) is 0 Å².